The maximum atomic E-state index is 11.7. The van der Waals surface area contributed by atoms with E-state index in [0.29, 0.717) is 10.6 Å². The van der Waals surface area contributed by atoms with E-state index in [-0.39, 0.29) is 12.4 Å². The van der Waals surface area contributed by atoms with Crippen LogP contribution in [0.3, 0.4) is 0 Å². The van der Waals surface area contributed by atoms with E-state index in [4.69, 9.17) is 16.3 Å². The Morgan fingerprint density at radius 3 is 2.33 bits per heavy atom. The molecule has 110 valence electrons. The van der Waals surface area contributed by atoms with Crippen LogP contribution in [0.25, 0.3) is 0 Å². The van der Waals surface area contributed by atoms with Crippen molar-refractivity contribution < 1.29 is 14.6 Å². The molecule has 2 atom stereocenters. The van der Waals surface area contributed by atoms with Crippen LogP contribution in [-0.2, 0) is 16.1 Å². The van der Waals surface area contributed by atoms with Crippen molar-refractivity contribution in [1.82, 2.24) is 0 Å². The van der Waals surface area contributed by atoms with E-state index < -0.39 is 12.2 Å². The van der Waals surface area contributed by atoms with Gasteiger partial charge in [-0.05, 0) is 30.2 Å². The third kappa shape index (κ3) is 4.39. The third-order valence-corrected chi connectivity index (χ3v) is 3.42. The van der Waals surface area contributed by atoms with Crippen molar-refractivity contribution in [2.75, 3.05) is 0 Å². The molecule has 0 spiro atoms. The molecule has 0 aliphatic heterocycles. The number of ketones is 1. The van der Waals surface area contributed by atoms with Gasteiger partial charge in [0, 0.05) is 5.02 Å². The van der Waals surface area contributed by atoms with Gasteiger partial charge in [0.1, 0.15) is 12.2 Å². The fourth-order valence-corrected chi connectivity index (χ4v) is 2.15. The molecule has 0 radical (unpaired) electrons. The largest absolute Gasteiger partial charge is 0.385 e. The summed E-state index contributed by atoms with van der Waals surface area (Å²) in [6.45, 7) is 1.69. The van der Waals surface area contributed by atoms with E-state index in [0.717, 1.165) is 5.56 Å². The minimum atomic E-state index is -1.01. The molecule has 0 aliphatic rings. The maximum Gasteiger partial charge on any atom is 0.161 e. The van der Waals surface area contributed by atoms with Gasteiger partial charge in [-0.25, -0.2) is 0 Å². The number of hydrogen-bond donors (Lipinski definition) is 1. The fourth-order valence-electron chi connectivity index (χ4n) is 2.03. The summed E-state index contributed by atoms with van der Waals surface area (Å²) in [6, 6.07) is 16.3. The highest BCUT2D eigenvalue weighted by atomic mass is 35.5. The first-order valence-electron chi connectivity index (χ1n) is 6.67. The van der Waals surface area contributed by atoms with Crippen LogP contribution in [0.4, 0.5) is 0 Å². The van der Waals surface area contributed by atoms with E-state index in [9.17, 15) is 9.90 Å². The summed E-state index contributed by atoms with van der Waals surface area (Å²) in [7, 11) is 0. The zero-order valence-electron chi connectivity index (χ0n) is 11.7. The van der Waals surface area contributed by atoms with Gasteiger partial charge in [0.05, 0.1) is 6.61 Å². The van der Waals surface area contributed by atoms with Crippen LogP contribution >= 0.6 is 11.6 Å². The van der Waals surface area contributed by atoms with Gasteiger partial charge in [-0.3, -0.25) is 4.79 Å². The Morgan fingerprint density at radius 1 is 1.14 bits per heavy atom. The summed E-state index contributed by atoms with van der Waals surface area (Å²) >= 11 is 5.82. The summed E-state index contributed by atoms with van der Waals surface area (Å²) in [5, 5.41) is 10.9. The van der Waals surface area contributed by atoms with Crippen LogP contribution in [0.1, 0.15) is 24.2 Å². The Morgan fingerprint density at radius 2 is 1.76 bits per heavy atom. The number of Topliss-reactive ketones (excluding diaryl/α,β-unsaturated/α-hetero) is 1. The smallest absolute Gasteiger partial charge is 0.161 e. The van der Waals surface area contributed by atoms with E-state index in [2.05, 4.69) is 0 Å². The summed E-state index contributed by atoms with van der Waals surface area (Å²) in [4.78, 5) is 11.7. The van der Waals surface area contributed by atoms with Gasteiger partial charge in [-0.1, -0.05) is 54.1 Å². The second-order valence-corrected chi connectivity index (χ2v) is 5.26. The monoisotopic (exact) mass is 304 g/mol. The number of halogens is 1. The summed E-state index contributed by atoms with van der Waals surface area (Å²) in [5.41, 5.74) is 1.56. The predicted octanol–water partition coefficient (Wildman–Crippen LogP) is 3.55. The number of carbonyl (C=O) groups is 1. The Balaban J connectivity index is 2.07. The van der Waals surface area contributed by atoms with Crippen LogP contribution in [0.2, 0.25) is 5.02 Å². The Hall–Kier alpha value is -1.68. The minimum Gasteiger partial charge on any atom is -0.385 e. The van der Waals surface area contributed by atoms with Gasteiger partial charge < -0.3 is 9.84 Å². The Labute approximate surface area is 129 Å². The highest BCUT2D eigenvalue weighted by Gasteiger charge is 2.26. The molecule has 0 saturated carbocycles. The van der Waals surface area contributed by atoms with E-state index in [1.165, 1.54) is 6.92 Å². The molecule has 2 aromatic carbocycles. The van der Waals surface area contributed by atoms with Crippen molar-refractivity contribution in [2.45, 2.75) is 25.7 Å². The van der Waals surface area contributed by atoms with Gasteiger partial charge in [0.2, 0.25) is 0 Å². The van der Waals surface area contributed by atoms with E-state index in [1.807, 2.05) is 30.3 Å². The van der Waals surface area contributed by atoms with Crippen LogP contribution < -0.4 is 0 Å². The number of carbonyl (C=O) groups excluding carboxylic acids is 1. The molecule has 0 saturated heterocycles. The molecule has 4 heteroatoms. The second kappa shape index (κ2) is 7.36. The van der Waals surface area contributed by atoms with Gasteiger partial charge >= 0.3 is 0 Å². The molecule has 1 N–H and O–H groups in total. The van der Waals surface area contributed by atoms with Crippen molar-refractivity contribution in [1.29, 1.82) is 0 Å². The molecule has 3 nitrogen and oxygen atoms in total. The molecule has 0 unspecified atom stereocenters. The summed E-state index contributed by atoms with van der Waals surface area (Å²) in [6.07, 6.45) is -1.91. The van der Waals surface area contributed by atoms with Gasteiger partial charge in [-0.15, -0.1) is 0 Å². The van der Waals surface area contributed by atoms with Gasteiger partial charge in [0.25, 0.3) is 0 Å². The highest BCUT2D eigenvalue weighted by molar-refractivity contribution is 6.30. The van der Waals surface area contributed by atoms with Crippen molar-refractivity contribution in [2.24, 2.45) is 0 Å². The normalized spacial score (nSPS) is 13.7. The number of rotatable bonds is 6. The molecule has 2 rings (SSSR count). The van der Waals surface area contributed by atoms with Crippen LogP contribution in [0, 0.1) is 0 Å². The molecule has 0 heterocycles. The predicted molar refractivity (Wildman–Crippen MR) is 82.1 cm³/mol. The van der Waals surface area contributed by atoms with E-state index >= 15 is 0 Å². The van der Waals surface area contributed by atoms with Gasteiger partial charge in [-0.2, -0.15) is 0 Å². The van der Waals surface area contributed by atoms with Crippen molar-refractivity contribution in [3.63, 3.8) is 0 Å². The SMILES string of the molecule is CC(=O)[C@@H](OCc1ccccc1)[C@H](O)c1ccc(Cl)cc1. The number of ether oxygens (including phenoxy) is 1. The van der Waals surface area contributed by atoms with Gasteiger partial charge in [0.15, 0.2) is 5.78 Å². The first kappa shape index (κ1) is 15.7. The third-order valence-electron chi connectivity index (χ3n) is 3.17. The Bertz CT molecular complexity index is 581. The lowest BCUT2D eigenvalue weighted by Gasteiger charge is -2.21. The lowest BCUT2D eigenvalue weighted by atomic mass is 10.0. The maximum absolute atomic E-state index is 11.7. The van der Waals surface area contributed by atoms with Crippen molar-refractivity contribution in [3.05, 3.63) is 70.7 Å². The molecule has 0 aromatic heterocycles. The number of aliphatic hydroxyl groups is 1. The zero-order valence-corrected chi connectivity index (χ0v) is 12.5. The molecule has 21 heavy (non-hydrogen) atoms. The first-order valence-corrected chi connectivity index (χ1v) is 7.05. The van der Waals surface area contributed by atoms with E-state index in [1.54, 1.807) is 24.3 Å². The second-order valence-electron chi connectivity index (χ2n) is 4.82. The van der Waals surface area contributed by atoms with Crippen molar-refractivity contribution >= 4 is 17.4 Å². The molecule has 0 bridgehead atoms. The van der Waals surface area contributed by atoms with Crippen LogP contribution in [0.5, 0.6) is 0 Å². The summed E-state index contributed by atoms with van der Waals surface area (Å²) in [5.74, 6) is -0.214. The zero-order chi connectivity index (χ0) is 15.2. The molecular weight excluding hydrogens is 288 g/mol. The lowest BCUT2D eigenvalue weighted by Crippen LogP contribution is -2.29. The highest BCUT2D eigenvalue weighted by Crippen LogP contribution is 2.22. The average molecular weight is 305 g/mol. The molecule has 2 aromatic rings. The first-order chi connectivity index (χ1) is 10.1. The molecule has 0 aliphatic carbocycles. The Kier molecular flexibility index (Phi) is 5.51. The minimum absolute atomic E-state index is 0.214. The molecular formula is C17H17ClO3. The molecule has 0 amide bonds. The quantitative estimate of drug-likeness (QED) is 0.888. The van der Waals surface area contributed by atoms with Crippen molar-refractivity contribution in [3.8, 4) is 0 Å². The lowest BCUT2D eigenvalue weighted by molar-refractivity contribution is -0.138. The van der Waals surface area contributed by atoms with Crippen LogP contribution in [-0.4, -0.2) is 17.0 Å². The van der Waals surface area contributed by atoms with Crippen LogP contribution in [0.15, 0.2) is 54.6 Å². The topological polar surface area (TPSA) is 46.5 Å². The standard InChI is InChI=1S/C17H17ClO3/c1-12(19)17(21-11-13-5-3-2-4-6-13)16(20)14-7-9-15(18)10-8-14/h2-10,16-17,20H,11H2,1H3/t16-,17-/m1/s1. The average Bonchev–Trinajstić information content (AvgIpc) is 2.48. The molecule has 0 fully saturated rings. The fraction of sp³-hybridized carbons (Fsp3) is 0.235. The number of hydrogen-bond acceptors (Lipinski definition) is 3. The summed E-state index contributed by atoms with van der Waals surface area (Å²) < 4.78 is 5.60. The number of aliphatic hydroxyl groups excluding tert-OH is 1. The number of benzene rings is 2.